The predicted octanol–water partition coefficient (Wildman–Crippen LogP) is 1.94. The van der Waals surface area contributed by atoms with Crippen LogP contribution in [0.3, 0.4) is 0 Å². The largest absolute Gasteiger partial charge is 0.462 e. The number of aryl methyl sites for hydroxylation is 1. The fourth-order valence-electron chi connectivity index (χ4n) is 1.63. The molecule has 5 heteroatoms. The first kappa shape index (κ1) is 12.2. The third-order valence-corrected chi connectivity index (χ3v) is 2.50. The van der Waals surface area contributed by atoms with Crippen LogP contribution >= 0.6 is 0 Å². The lowest BCUT2D eigenvalue weighted by Gasteiger charge is -2.08. The second kappa shape index (κ2) is 4.91. The van der Waals surface area contributed by atoms with Crippen molar-refractivity contribution >= 4 is 11.7 Å². The summed E-state index contributed by atoms with van der Waals surface area (Å²) in [4.78, 5) is 11.7. The summed E-state index contributed by atoms with van der Waals surface area (Å²) in [5, 5.41) is 4.18. The van der Waals surface area contributed by atoms with Gasteiger partial charge in [-0.05, 0) is 37.6 Å². The lowest BCUT2D eigenvalue weighted by Crippen LogP contribution is -2.07. The van der Waals surface area contributed by atoms with Crippen molar-refractivity contribution in [2.45, 2.75) is 13.8 Å². The highest BCUT2D eigenvalue weighted by atomic mass is 16.5. The molecule has 2 rings (SSSR count). The van der Waals surface area contributed by atoms with Gasteiger partial charge in [0.05, 0.1) is 29.7 Å². The summed E-state index contributed by atoms with van der Waals surface area (Å²) < 4.78 is 6.60. The first-order chi connectivity index (χ1) is 8.61. The number of ether oxygens (including phenoxy) is 1. The van der Waals surface area contributed by atoms with Crippen LogP contribution in [0, 0.1) is 6.92 Å². The first-order valence-corrected chi connectivity index (χ1v) is 5.70. The van der Waals surface area contributed by atoms with E-state index in [2.05, 4.69) is 5.10 Å². The summed E-state index contributed by atoms with van der Waals surface area (Å²) in [6.07, 6.45) is 3.58. The Labute approximate surface area is 105 Å². The number of nitrogens with two attached hydrogens (primary N) is 1. The summed E-state index contributed by atoms with van der Waals surface area (Å²) in [6, 6.07) is 5.01. The molecule has 94 valence electrons. The second-order valence-electron chi connectivity index (χ2n) is 3.96. The van der Waals surface area contributed by atoms with Crippen molar-refractivity contribution in [3.63, 3.8) is 0 Å². The summed E-state index contributed by atoms with van der Waals surface area (Å²) >= 11 is 0. The first-order valence-electron chi connectivity index (χ1n) is 5.70. The van der Waals surface area contributed by atoms with Crippen LogP contribution < -0.4 is 5.73 Å². The smallest absolute Gasteiger partial charge is 0.338 e. The molecule has 2 N–H and O–H groups in total. The number of nitrogens with zero attached hydrogens (tertiary/aromatic N) is 2. The van der Waals surface area contributed by atoms with Crippen LogP contribution in [0.25, 0.3) is 5.69 Å². The van der Waals surface area contributed by atoms with Crippen molar-refractivity contribution in [1.29, 1.82) is 0 Å². The molecule has 0 unspecified atom stereocenters. The molecule has 18 heavy (non-hydrogen) atoms. The van der Waals surface area contributed by atoms with E-state index in [-0.39, 0.29) is 5.97 Å². The van der Waals surface area contributed by atoms with Crippen LogP contribution in [-0.4, -0.2) is 22.4 Å². The maximum absolute atomic E-state index is 11.7. The van der Waals surface area contributed by atoms with Crippen molar-refractivity contribution in [2.24, 2.45) is 0 Å². The van der Waals surface area contributed by atoms with Crippen molar-refractivity contribution in [3.8, 4) is 5.69 Å². The number of benzene rings is 1. The van der Waals surface area contributed by atoms with Crippen molar-refractivity contribution in [1.82, 2.24) is 9.78 Å². The predicted molar refractivity (Wildman–Crippen MR) is 68.7 cm³/mol. The number of rotatable bonds is 3. The molecule has 5 nitrogen and oxygen atoms in total. The van der Waals surface area contributed by atoms with Gasteiger partial charge in [-0.2, -0.15) is 5.10 Å². The second-order valence-corrected chi connectivity index (χ2v) is 3.96. The standard InChI is InChI=1S/C13H15N3O2/c1-3-18-13(17)10-4-5-11(14)12(6-10)16-8-9(2)7-15-16/h4-8H,3,14H2,1-2H3. The zero-order valence-electron chi connectivity index (χ0n) is 10.4. The monoisotopic (exact) mass is 245 g/mol. The Balaban J connectivity index is 2.41. The van der Waals surface area contributed by atoms with Gasteiger partial charge >= 0.3 is 5.97 Å². The van der Waals surface area contributed by atoms with Gasteiger partial charge in [-0.25, -0.2) is 9.48 Å². The average Bonchev–Trinajstić information content (AvgIpc) is 2.76. The molecule has 0 amide bonds. The van der Waals surface area contributed by atoms with Gasteiger partial charge < -0.3 is 10.5 Å². The zero-order chi connectivity index (χ0) is 13.1. The van der Waals surface area contributed by atoms with Gasteiger partial charge in [-0.1, -0.05) is 0 Å². The van der Waals surface area contributed by atoms with E-state index in [0.29, 0.717) is 23.5 Å². The minimum atomic E-state index is -0.359. The normalized spacial score (nSPS) is 10.3. The molecule has 0 spiro atoms. The third-order valence-electron chi connectivity index (χ3n) is 2.50. The van der Waals surface area contributed by atoms with Crippen LogP contribution in [0.2, 0.25) is 0 Å². The summed E-state index contributed by atoms with van der Waals surface area (Å²) in [5.74, 6) is -0.359. The number of esters is 1. The summed E-state index contributed by atoms with van der Waals surface area (Å²) in [7, 11) is 0. The molecule has 1 aromatic heterocycles. The number of carbonyl (C=O) groups is 1. The van der Waals surface area contributed by atoms with E-state index >= 15 is 0 Å². The molecule has 0 aliphatic carbocycles. The topological polar surface area (TPSA) is 70.1 Å². The van der Waals surface area contributed by atoms with Gasteiger partial charge in [0, 0.05) is 6.20 Å². The molecule has 0 aliphatic rings. The fourth-order valence-corrected chi connectivity index (χ4v) is 1.63. The highest BCUT2D eigenvalue weighted by Crippen LogP contribution is 2.19. The molecular formula is C13H15N3O2. The van der Waals surface area contributed by atoms with E-state index in [1.807, 2.05) is 13.1 Å². The van der Waals surface area contributed by atoms with E-state index in [9.17, 15) is 4.79 Å². The minimum absolute atomic E-state index is 0.347. The molecule has 0 fully saturated rings. The van der Waals surface area contributed by atoms with Gasteiger partial charge in [-0.3, -0.25) is 0 Å². The number of anilines is 1. The Morgan fingerprint density at radius 3 is 2.89 bits per heavy atom. The van der Waals surface area contributed by atoms with Gasteiger partial charge in [-0.15, -0.1) is 0 Å². The minimum Gasteiger partial charge on any atom is -0.462 e. The molecule has 0 atom stereocenters. The summed E-state index contributed by atoms with van der Waals surface area (Å²) in [5.41, 5.74) is 8.62. The lowest BCUT2D eigenvalue weighted by molar-refractivity contribution is 0.0526. The highest BCUT2D eigenvalue weighted by Gasteiger charge is 2.10. The average molecular weight is 245 g/mol. The third kappa shape index (κ3) is 2.34. The van der Waals surface area contributed by atoms with Crippen LogP contribution in [-0.2, 0) is 4.74 Å². The Hall–Kier alpha value is -2.30. The Kier molecular flexibility index (Phi) is 3.32. The SMILES string of the molecule is CCOC(=O)c1ccc(N)c(-n2cc(C)cn2)c1. The van der Waals surface area contributed by atoms with Crippen molar-refractivity contribution in [2.75, 3.05) is 12.3 Å². The van der Waals surface area contributed by atoms with E-state index < -0.39 is 0 Å². The Morgan fingerprint density at radius 2 is 2.28 bits per heavy atom. The molecule has 2 aromatic rings. The number of nitrogen functional groups attached to an aromatic ring is 1. The molecular weight excluding hydrogens is 230 g/mol. The van der Waals surface area contributed by atoms with Crippen molar-refractivity contribution < 1.29 is 9.53 Å². The number of hydrogen-bond donors (Lipinski definition) is 1. The van der Waals surface area contributed by atoms with E-state index in [1.54, 1.807) is 36.0 Å². The molecule has 0 saturated heterocycles. The van der Waals surface area contributed by atoms with E-state index in [1.165, 1.54) is 0 Å². The molecule has 0 saturated carbocycles. The molecule has 0 aliphatic heterocycles. The van der Waals surface area contributed by atoms with Gasteiger partial charge in [0.15, 0.2) is 0 Å². The quantitative estimate of drug-likeness (QED) is 0.662. The number of carbonyl (C=O) groups excluding carboxylic acids is 1. The van der Waals surface area contributed by atoms with Gasteiger partial charge in [0.2, 0.25) is 0 Å². The van der Waals surface area contributed by atoms with Crippen LogP contribution in [0.4, 0.5) is 5.69 Å². The summed E-state index contributed by atoms with van der Waals surface area (Å²) in [6.45, 7) is 4.06. The zero-order valence-corrected chi connectivity index (χ0v) is 10.4. The molecule has 0 radical (unpaired) electrons. The Morgan fingerprint density at radius 1 is 1.50 bits per heavy atom. The lowest BCUT2D eigenvalue weighted by atomic mass is 10.1. The molecule has 1 heterocycles. The van der Waals surface area contributed by atoms with Crippen LogP contribution in [0.1, 0.15) is 22.8 Å². The molecule has 1 aromatic carbocycles. The Bertz CT molecular complexity index is 575. The number of aromatic nitrogens is 2. The van der Waals surface area contributed by atoms with Gasteiger partial charge in [0.1, 0.15) is 0 Å². The molecule has 0 bridgehead atoms. The maximum Gasteiger partial charge on any atom is 0.338 e. The van der Waals surface area contributed by atoms with E-state index in [4.69, 9.17) is 10.5 Å². The van der Waals surface area contributed by atoms with E-state index in [0.717, 1.165) is 5.56 Å². The fraction of sp³-hybridized carbons (Fsp3) is 0.231. The van der Waals surface area contributed by atoms with Crippen LogP contribution in [0.15, 0.2) is 30.6 Å². The highest BCUT2D eigenvalue weighted by molar-refractivity contribution is 5.91. The van der Waals surface area contributed by atoms with Crippen molar-refractivity contribution in [3.05, 3.63) is 41.7 Å². The van der Waals surface area contributed by atoms with Gasteiger partial charge in [0.25, 0.3) is 0 Å². The maximum atomic E-state index is 11.7. The number of hydrogen-bond acceptors (Lipinski definition) is 4. The van der Waals surface area contributed by atoms with Crippen LogP contribution in [0.5, 0.6) is 0 Å².